The number of hydrogen-bond acceptors (Lipinski definition) is 4. The van der Waals surface area contributed by atoms with E-state index in [0.29, 0.717) is 12.2 Å². The van der Waals surface area contributed by atoms with Crippen molar-refractivity contribution in [3.05, 3.63) is 76.8 Å². The highest BCUT2D eigenvalue weighted by Crippen LogP contribution is 2.32. The van der Waals surface area contributed by atoms with Gasteiger partial charge in [0.25, 0.3) is 5.91 Å². The van der Waals surface area contributed by atoms with Gasteiger partial charge in [-0.25, -0.2) is 4.79 Å². The molecule has 1 unspecified atom stereocenters. The molecule has 0 aliphatic heterocycles. The lowest BCUT2D eigenvalue weighted by Crippen LogP contribution is -2.45. The van der Waals surface area contributed by atoms with Gasteiger partial charge in [-0.1, -0.05) is 60.7 Å². The molecular weight excluding hydrogens is 434 g/mol. The summed E-state index contributed by atoms with van der Waals surface area (Å²) in [6, 6.07) is 20.3. The quantitative estimate of drug-likeness (QED) is 0.515. The maximum Gasteiger partial charge on any atom is 0.328 e. The first-order chi connectivity index (χ1) is 14.1. The van der Waals surface area contributed by atoms with Crippen LogP contribution in [0.15, 0.2) is 71.2 Å². The molecular formula is C23H22BrNO4. The molecule has 0 radical (unpaired) electrons. The van der Waals surface area contributed by atoms with Crippen molar-refractivity contribution < 1.29 is 19.1 Å². The van der Waals surface area contributed by atoms with E-state index in [1.165, 1.54) is 0 Å². The Labute approximate surface area is 178 Å². The fourth-order valence-corrected chi connectivity index (χ4v) is 3.60. The van der Waals surface area contributed by atoms with Crippen LogP contribution < -0.4 is 10.1 Å². The lowest BCUT2D eigenvalue weighted by molar-refractivity contribution is -0.147. The van der Waals surface area contributed by atoms with Crippen molar-refractivity contribution in [3.63, 3.8) is 0 Å². The van der Waals surface area contributed by atoms with Gasteiger partial charge in [0.1, 0.15) is 11.8 Å². The number of carbonyl (C=O) groups excluding carboxylic acids is 2. The Balaban J connectivity index is 1.65. The predicted molar refractivity (Wildman–Crippen MR) is 116 cm³/mol. The van der Waals surface area contributed by atoms with Crippen molar-refractivity contribution >= 4 is 38.6 Å². The molecule has 0 heterocycles. The molecule has 0 fully saturated rings. The summed E-state index contributed by atoms with van der Waals surface area (Å²) in [5.41, 5.74) is 0.934. The first-order valence-electron chi connectivity index (χ1n) is 9.38. The number of esters is 1. The number of nitrogens with one attached hydrogen (secondary N) is 1. The Hall–Kier alpha value is -2.86. The molecule has 0 aromatic heterocycles. The number of fused-ring (bicyclic) bond motifs is 1. The maximum absolute atomic E-state index is 12.4. The molecule has 6 heteroatoms. The third-order valence-corrected chi connectivity index (χ3v) is 5.19. The SMILES string of the molecule is CCOC(=O)C(Cc1ccccc1)NC(=O)COc1ccc2ccccc2c1Br. The molecule has 0 spiro atoms. The van der Waals surface area contributed by atoms with Crippen molar-refractivity contribution in [1.82, 2.24) is 5.32 Å². The molecule has 3 rings (SSSR count). The van der Waals surface area contributed by atoms with Crippen LogP contribution in [-0.2, 0) is 20.7 Å². The second kappa shape index (κ2) is 10.1. The number of carbonyl (C=O) groups is 2. The van der Waals surface area contributed by atoms with Crippen LogP contribution in [0, 0.1) is 0 Å². The fraction of sp³-hybridized carbons (Fsp3) is 0.217. The van der Waals surface area contributed by atoms with Crippen LogP contribution in [0.4, 0.5) is 0 Å². The zero-order valence-corrected chi connectivity index (χ0v) is 17.6. The van der Waals surface area contributed by atoms with Crippen molar-refractivity contribution in [2.45, 2.75) is 19.4 Å². The van der Waals surface area contributed by atoms with Crippen molar-refractivity contribution in [2.24, 2.45) is 0 Å². The van der Waals surface area contributed by atoms with Crippen molar-refractivity contribution in [3.8, 4) is 5.75 Å². The van der Waals surface area contributed by atoms with Crippen LogP contribution >= 0.6 is 15.9 Å². The molecule has 0 aliphatic rings. The normalized spacial score (nSPS) is 11.7. The van der Waals surface area contributed by atoms with Gasteiger partial charge in [-0.2, -0.15) is 0 Å². The fourth-order valence-electron chi connectivity index (χ4n) is 2.99. The first-order valence-corrected chi connectivity index (χ1v) is 10.2. The van der Waals surface area contributed by atoms with Crippen molar-refractivity contribution in [2.75, 3.05) is 13.2 Å². The Kier molecular flexibility index (Phi) is 7.25. The van der Waals surface area contributed by atoms with Gasteiger partial charge in [0.2, 0.25) is 0 Å². The van der Waals surface area contributed by atoms with E-state index >= 15 is 0 Å². The number of hydrogen-bond donors (Lipinski definition) is 1. The van der Waals surface area contributed by atoms with Crippen LogP contribution in [0.2, 0.25) is 0 Å². The third-order valence-electron chi connectivity index (χ3n) is 4.38. The van der Waals surface area contributed by atoms with Crippen LogP contribution in [0.25, 0.3) is 10.8 Å². The Morgan fingerprint density at radius 1 is 1.00 bits per heavy atom. The second-order valence-electron chi connectivity index (χ2n) is 6.45. The number of benzene rings is 3. The van der Waals surface area contributed by atoms with Gasteiger partial charge in [-0.15, -0.1) is 0 Å². The molecule has 1 atom stereocenters. The molecule has 0 aliphatic carbocycles. The van der Waals surface area contributed by atoms with E-state index in [2.05, 4.69) is 21.2 Å². The van der Waals surface area contributed by atoms with Crippen molar-refractivity contribution in [1.29, 1.82) is 0 Å². The van der Waals surface area contributed by atoms with Gasteiger partial charge >= 0.3 is 5.97 Å². The number of ether oxygens (including phenoxy) is 2. The summed E-state index contributed by atoms with van der Waals surface area (Å²) in [4.78, 5) is 24.7. The van der Waals surface area contributed by atoms with E-state index < -0.39 is 12.0 Å². The standard InChI is InChI=1S/C23H22BrNO4/c1-2-28-23(27)19(14-16-8-4-3-5-9-16)25-21(26)15-29-20-13-12-17-10-6-7-11-18(17)22(20)24/h3-13,19H,2,14-15H2,1H3,(H,25,26). The Bertz CT molecular complexity index is 991. The highest BCUT2D eigenvalue weighted by Gasteiger charge is 2.23. The Morgan fingerprint density at radius 2 is 1.72 bits per heavy atom. The average molecular weight is 456 g/mol. The van der Waals surface area contributed by atoms with Gasteiger partial charge < -0.3 is 14.8 Å². The zero-order chi connectivity index (χ0) is 20.6. The minimum absolute atomic E-state index is 0.207. The van der Waals surface area contributed by atoms with Gasteiger partial charge in [0.05, 0.1) is 11.1 Å². The summed E-state index contributed by atoms with van der Waals surface area (Å²) in [6.07, 6.45) is 0.352. The molecule has 0 saturated heterocycles. The molecule has 5 nitrogen and oxygen atoms in total. The summed E-state index contributed by atoms with van der Waals surface area (Å²) in [5, 5.41) is 4.79. The molecule has 0 bridgehead atoms. The zero-order valence-electron chi connectivity index (χ0n) is 16.1. The van der Waals surface area contributed by atoms with E-state index in [9.17, 15) is 9.59 Å². The maximum atomic E-state index is 12.4. The number of rotatable bonds is 8. The molecule has 3 aromatic rings. The van der Waals surface area contributed by atoms with Crippen LogP contribution in [0.5, 0.6) is 5.75 Å². The number of halogens is 1. The molecule has 3 aromatic carbocycles. The largest absolute Gasteiger partial charge is 0.483 e. The van der Waals surface area contributed by atoms with E-state index in [-0.39, 0.29) is 19.1 Å². The molecule has 150 valence electrons. The van der Waals surface area contributed by atoms with Gasteiger partial charge in [-0.3, -0.25) is 4.79 Å². The second-order valence-corrected chi connectivity index (χ2v) is 7.24. The molecule has 0 saturated carbocycles. The predicted octanol–water partition coefficient (Wildman–Crippen LogP) is 4.27. The smallest absolute Gasteiger partial charge is 0.328 e. The minimum Gasteiger partial charge on any atom is -0.483 e. The molecule has 29 heavy (non-hydrogen) atoms. The van der Waals surface area contributed by atoms with Gasteiger partial charge in [0, 0.05) is 6.42 Å². The van der Waals surface area contributed by atoms with Gasteiger partial charge in [-0.05, 0) is 45.3 Å². The summed E-state index contributed by atoms with van der Waals surface area (Å²) < 4.78 is 11.6. The van der Waals surface area contributed by atoms with E-state index in [1.807, 2.05) is 66.7 Å². The average Bonchev–Trinajstić information content (AvgIpc) is 2.74. The van der Waals surface area contributed by atoms with Crippen LogP contribution in [0.3, 0.4) is 0 Å². The summed E-state index contributed by atoms with van der Waals surface area (Å²) >= 11 is 3.54. The monoisotopic (exact) mass is 455 g/mol. The lowest BCUT2D eigenvalue weighted by atomic mass is 10.1. The van der Waals surface area contributed by atoms with Crippen LogP contribution in [0.1, 0.15) is 12.5 Å². The first kappa shape index (κ1) is 20.9. The van der Waals surface area contributed by atoms with E-state index in [4.69, 9.17) is 9.47 Å². The lowest BCUT2D eigenvalue weighted by Gasteiger charge is -2.18. The molecule has 1 amide bonds. The van der Waals surface area contributed by atoms with Crippen LogP contribution in [-0.4, -0.2) is 31.1 Å². The minimum atomic E-state index is -0.770. The Morgan fingerprint density at radius 3 is 2.48 bits per heavy atom. The van der Waals surface area contributed by atoms with E-state index in [0.717, 1.165) is 20.8 Å². The summed E-state index contributed by atoms with van der Waals surface area (Å²) in [7, 11) is 0. The highest BCUT2D eigenvalue weighted by molar-refractivity contribution is 9.10. The topological polar surface area (TPSA) is 64.6 Å². The third kappa shape index (κ3) is 5.57. The molecule has 1 N–H and O–H groups in total. The van der Waals surface area contributed by atoms with Gasteiger partial charge in [0.15, 0.2) is 6.61 Å². The number of amides is 1. The highest BCUT2D eigenvalue weighted by atomic mass is 79.9. The summed E-state index contributed by atoms with van der Waals surface area (Å²) in [5.74, 6) is -0.287. The summed E-state index contributed by atoms with van der Waals surface area (Å²) in [6.45, 7) is 1.78. The van der Waals surface area contributed by atoms with E-state index in [1.54, 1.807) is 6.92 Å².